The second kappa shape index (κ2) is 7.35. The first-order valence-electron chi connectivity index (χ1n) is 7.56. The van der Waals surface area contributed by atoms with Gasteiger partial charge in [0.25, 0.3) is 5.91 Å². The fourth-order valence-electron chi connectivity index (χ4n) is 2.29. The summed E-state index contributed by atoms with van der Waals surface area (Å²) in [4.78, 5) is 18.4. The van der Waals surface area contributed by atoms with E-state index in [1.807, 2.05) is 18.9 Å². The van der Waals surface area contributed by atoms with Crippen LogP contribution >= 0.6 is 11.3 Å². The summed E-state index contributed by atoms with van der Waals surface area (Å²) >= 11 is 1.25. The van der Waals surface area contributed by atoms with E-state index in [1.165, 1.54) is 29.7 Å². The van der Waals surface area contributed by atoms with Crippen molar-refractivity contribution in [1.82, 2.24) is 15.2 Å². The van der Waals surface area contributed by atoms with Gasteiger partial charge in [-0.3, -0.25) is 10.1 Å². The van der Waals surface area contributed by atoms with Crippen LogP contribution in [0.4, 0.5) is 15.3 Å². The molecule has 6 nitrogen and oxygen atoms in total. The number of hydrogen-bond donors (Lipinski definition) is 1. The molecule has 0 bridgehead atoms. The number of nitrogens with one attached hydrogen (secondary N) is 1. The van der Waals surface area contributed by atoms with Gasteiger partial charge in [0.1, 0.15) is 17.1 Å². The van der Waals surface area contributed by atoms with Crippen molar-refractivity contribution in [3.05, 3.63) is 65.0 Å². The number of carbonyl (C=O) groups is 1. The molecule has 0 aliphatic carbocycles. The number of amides is 1. The Kier molecular flexibility index (Phi) is 4.99. The summed E-state index contributed by atoms with van der Waals surface area (Å²) in [5, 5.41) is 10.5. The fraction of sp³-hybridized carbons (Fsp3) is 0.176. The van der Waals surface area contributed by atoms with E-state index in [-0.39, 0.29) is 17.8 Å². The van der Waals surface area contributed by atoms with Crippen molar-refractivity contribution in [2.45, 2.75) is 13.0 Å². The maximum atomic E-state index is 13.1. The summed E-state index contributed by atoms with van der Waals surface area (Å²) < 4.78 is 13.1. The van der Waals surface area contributed by atoms with E-state index in [0.717, 1.165) is 5.56 Å². The lowest BCUT2D eigenvalue weighted by Gasteiger charge is -2.26. The van der Waals surface area contributed by atoms with Crippen LogP contribution in [-0.4, -0.2) is 28.1 Å². The van der Waals surface area contributed by atoms with E-state index >= 15 is 0 Å². The van der Waals surface area contributed by atoms with Gasteiger partial charge in [0.2, 0.25) is 5.13 Å². The predicted octanol–water partition coefficient (Wildman–Crippen LogP) is 3.52. The SMILES string of the molecule is CC(c1ccc(F)cc1)N(C)c1ccc(C(=O)Nc2nncs2)cn1. The van der Waals surface area contributed by atoms with Gasteiger partial charge in [-0.25, -0.2) is 9.37 Å². The molecule has 2 aromatic heterocycles. The Balaban J connectivity index is 1.70. The molecule has 1 N–H and O–H groups in total. The van der Waals surface area contributed by atoms with Crippen molar-refractivity contribution in [2.24, 2.45) is 0 Å². The number of pyridine rings is 1. The molecule has 3 rings (SSSR count). The average molecular weight is 357 g/mol. The molecule has 1 unspecified atom stereocenters. The molecule has 25 heavy (non-hydrogen) atoms. The Hall–Kier alpha value is -2.87. The minimum atomic E-state index is -0.287. The van der Waals surface area contributed by atoms with Gasteiger partial charge in [-0.05, 0) is 36.8 Å². The molecular formula is C17H16FN5OS. The van der Waals surface area contributed by atoms with Crippen LogP contribution in [0.1, 0.15) is 28.9 Å². The van der Waals surface area contributed by atoms with Crippen LogP contribution in [-0.2, 0) is 0 Å². The van der Waals surface area contributed by atoms with Crippen LogP contribution in [0.15, 0.2) is 48.1 Å². The first-order chi connectivity index (χ1) is 12.0. The zero-order valence-corrected chi connectivity index (χ0v) is 14.5. The van der Waals surface area contributed by atoms with Gasteiger partial charge in [-0.2, -0.15) is 0 Å². The lowest BCUT2D eigenvalue weighted by atomic mass is 10.1. The van der Waals surface area contributed by atoms with E-state index in [4.69, 9.17) is 0 Å². The summed E-state index contributed by atoms with van der Waals surface area (Å²) in [6.07, 6.45) is 1.51. The number of aromatic nitrogens is 3. The fourth-order valence-corrected chi connectivity index (χ4v) is 2.73. The smallest absolute Gasteiger partial charge is 0.259 e. The molecule has 2 heterocycles. The zero-order valence-electron chi connectivity index (χ0n) is 13.7. The number of anilines is 2. The first-order valence-corrected chi connectivity index (χ1v) is 8.44. The van der Waals surface area contributed by atoms with Crippen molar-refractivity contribution in [1.29, 1.82) is 0 Å². The molecular weight excluding hydrogens is 341 g/mol. The quantitative estimate of drug-likeness (QED) is 0.756. The van der Waals surface area contributed by atoms with E-state index < -0.39 is 0 Å². The largest absolute Gasteiger partial charge is 0.353 e. The lowest BCUT2D eigenvalue weighted by molar-refractivity contribution is 0.102. The summed E-state index contributed by atoms with van der Waals surface area (Å²) in [5.41, 5.74) is 2.95. The maximum Gasteiger partial charge on any atom is 0.259 e. The molecule has 0 spiro atoms. The Morgan fingerprint density at radius 2 is 2.00 bits per heavy atom. The maximum absolute atomic E-state index is 13.1. The minimum absolute atomic E-state index is 0.00849. The van der Waals surface area contributed by atoms with E-state index in [9.17, 15) is 9.18 Å². The molecule has 1 aromatic carbocycles. The van der Waals surface area contributed by atoms with Crippen LogP contribution in [0.3, 0.4) is 0 Å². The molecule has 0 aliphatic heterocycles. The zero-order chi connectivity index (χ0) is 17.8. The molecule has 0 radical (unpaired) electrons. The number of nitrogens with zero attached hydrogens (tertiary/aromatic N) is 4. The lowest BCUT2D eigenvalue weighted by Crippen LogP contribution is -2.23. The van der Waals surface area contributed by atoms with E-state index in [0.29, 0.717) is 16.5 Å². The van der Waals surface area contributed by atoms with Crippen LogP contribution in [0.5, 0.6) is 0 Å². The Labute approximate surface area is 148 Å². The number of hydrogen-bond acceptors (Lipinski definition) is 6. The van der Waals surface area contributed by atoms with Crippen molar-refractivity contribution >= 4 is 28.2 Å². The molecule has 1 atom stereocenters. The highest BCUT2D eigenvalue weighted by Crippen LogP contribution is 2.24. The van der Waals surface area contributed by atoms with Gasteiger partial charge in [0.15, 0.2) is 0 Å². The Morgan fingerprint density at radius 3 is 2.60 bits per heavy atom. The molecule has 3 aromatic rings. The van der Waals surface area contributed by atoms with E-state index in [2.05, 4.69) is 20.5 Å². The predicted molar refractivity (Wildman–Crippen MR) is 95.3 cm³/mol. The van der Waals surface area contributed by atoms with Crippen molar-refractivity contribution in [3.63, 3.8) is 0 Å². The van der Waals surface area contributed by atoms with Gasteiger partial charge >= 0.3 is 0 Å². The van der Waals surface area contributed by atoms with Gasteiger partial charge < -0.3 is 4.90 Å². The van der Waals surface area contributed by atoms with Gasteiger partial charge in [0.05, 0.1) is 11.6 Å². The molecule has 1 amide bonds. The average Bonchev–Trinajstić information content (AvgIpc) is 3.14. The molecule has 128 valence electrons. The summed E-state index contributed by atoms with van der Waals surface area (Å²) in [6, 6.07) is 9.86. The second-order valence-corrected chi connectivity index (χ2v) is 6.27. The van der Waals surface area contributed by atoms with Crippen LogP contribution < -0.4 is 10.2 Å². The highest BCUT2D eigenvalue weighted by molar-refractivity contribution is 7.13. The Morgan fingerprint density at radius 1 is 1.24 bits per heavy atom. The number of carbonyl (C=O) groups excluding carboxylic acids is 1. The van der Waals surface area contributed by atoms with Crippen LogP contribution in [0.2, 0.25) is 0 Å². The standard InChI is InChI=1S/C17H16FN5OS/c1-11(12-3-6-14(18)7-4-12)23(2)15-8-5-13(9-19-15)16(24)21-17-22-20-10-25-17/h3-11H,1-2H3,(H,21,22,24). The normalized spacial score (nSPS) is 11.8. The second-order valence-electron chi connectivity index (χ2n) is 5.44. The molecule has 8 heteroatoms. The van der Waals surface area contributed by atoms with Crippen LogP contribution in [0.25, 0.3) is 0 Å². The highest BCUT2D eigenvalue weighted by Gasteiger charge is 2.15. The van der Waals surface area contributed by atoms with Crippen molar-refractivity contribution < 1.29 is 9.18 Å². The molecule has 0 aliphatic rings. The third-order valence-electron chi connectivity index (χ3n) is 3.89. The number of rotatable bonds is 5. The monoisotopic (exact) mass is 357 g/mol. The number of halogens is 1. The molecule has 0 fully saturated rings. The van der Waals surface area contributed by atoms with Gasteiger partial charge in [-0.1, -0.05) is 23.5 Å². The van der Waals surface area contributed by atoms with Crippen LogP contribution in [0, 0.1) is 5.82 Å². The van der Waals surface area contributed by atoms with Gasteiger partial charge in [-0.15, -0.1) is 10.2 Å². The minimum Gasteiger partial charge on any atom is -0.353 e. The first kappa shape index (κ1) is 17.0. The third kappa shape index (κ3) is 3.97. The van der Waals surface area contributed by atoms with Gasteiger partial charge in [0, 0.05) is 13.2 Å². The third-order valence-corrected chi connectivity index (χ3v) is 4.49. The summed E-state index contributed by atoms with van der Waals surface area (Å²) in [7, 11) is 1.90. The summed E-state index contributed by atoms with van der Waals surface area (Å²) in [6.45, 7) is 2.00. The Bertz CT molecular complexity index is 836. The molecule has 0 saturated heterocycles. The van der Waals surface area contributed by atoms with Crippen molar-refractivity contribution in [2.75, 3.05) is 17.3 Å². The topological polar surface area (TPSA) is 71.0 Å². The summed E-state index contributed by atoms with van der Waals surface area (Å²) in [5.74, 6) is 0.164. The number of benzene rings is 1. The van der Waals surface area contributed by atoms with Crippen molar-refractivity contribution in [3.8, 4) is 0 Å². The van der Waals surface area contributed by atoms with E-state index in [1.54, 1.807) is 29.8 Å². The highest BCUT2D eigenvalue weighted by atomic mass is 32.1. The molecule has 0 saturated carbocycles.